The fraction of sp³-hybridized carbons (Fsp3) is 0. The number of carbonyl (C=O) groups is 2. The number of carbonyl (C=O) groups excluding carboxylic acids is 2. The van der Waals surface area contributed by atoms with Crippen molar-refractivity contribution >= 4 is 33.6 Å². The number of phenolic OH excluding ortho intramolecular Hbond substituents is 1. The molecular formula is C26H16N2O3. The molecule has 6 rings (SSSR count). The summed E-state index contributed by atoms with van der Waals surface area (Å²) in [7, 11) is 0. The second-order valence-corrected chi connectivity index (χ2v) is 7.68. The molecule has 5 heteroatoms. The second-order valence-electron chi connectivity index (χ2n) is 7.68. The van der Waals surface area contributed by atoms with E-state index in [1.165, 1.54) is 0 Å². The molecule has 4 aromatic carbocycles. The summed E-state index contributed by atoms with van der Waals surface area (Å²) in [5.74, 6) is -0.724. The largest absolute Gasteiger partial charge is 0.508 e. The minimum Gasteiger partial charge on any atom is -0.508 e. The molecular weight excluding hydrogens is 388 g/mol. The molecule has 0 spiro atoms. The molecule has 2 amide bonds. The first kappa shape index (κ1) is 17.5. The van der Waals surface area contributed by atoms with E-state index in [4.69, 9.17) is 0 Å². The molecule has 1 aromatic heterocycles. The van der Waals surface area contributed by atoms with Gasteiger partial charge in [0.1, 0.15) is 5.75 Å². The minimum absolute atomic E-state index is 0.103. The Morgan fingerprint density at radius 3 is 2.23 bits per heavy atom. The second kappa shape index (κ2) is 6.31. The van der Waals surface area contributed by atoms with E-state index >= 15 is 0 Å². The van der Waals surface area contributed by atoms with Crippen molar-refractivity contribution in [3.05, 3.63) is 90.0 Å². The third-order valence-electron chi connectivity index (χ3n) is 5.83. The number of nitrogens with one attached hydrogen (secondary N) is 2. The van der Waals surface area contributed by atoms with Gasteiger partial charge >= 0.3 is 0 Å². The van der Waals surface area contributed by atoms with Crippen LogP contribution < -0.4 is 5.32 Å². The first-order valence-corrected chi connectivity index (χ1v) is 9.93. The van der Waals surface area contributed by atoms with E-state index in [1.54, 1.807) is 18.2 Å². The fourth-order valence-electron chi connectivity index (χ4n) is 4.47. The number of aromatic amines is 1. The van der Waals surface area contributed by atoms with Crippen LogP contribution in [0.1, 0.15) is 20.7 Å². The topological polar surface area (TPSA) is 82.2 Å². The van der Waals surface area contributed by atoms with Crippen LogP contribution in [0.25, 0.3) is 44.1 Å². The average molecular weight is 404 g/mol. The Balaban J connectivity index is 1.67. The van der Waals surface area contributed by atoms with Crippen molar-refractivity contribution < 1.29 is 14.7 Å². The van der Waals surface area contributed by atoms with Gasteiger partial charge in [-0.3, -0.25) is 14.9 Å². The maximum atomic E-state index is 12.8. The number of hydrogen-bond acceptors (Lipinski definition) is 3. The van der Waals surface area contributed by atoms with Gasteiger partial charge in [0, 0.05) is 21.8 Å². The SMILES string of the molecule is O=C1NC(=O)c2c1c(-c1cccc(-c3ccccc3)c1)cc1[nH]c3ccc(O)cc3c21. The molecule has 5 nitrogen and oxygen atoms in total. The van der Waals surface area contributed by atoms with E-state index in [0.29, 0.717) is 27.5 Å². The number of rotatable bonds is 2. The maximum absolute atomic E-state index is 12.8. The predicted molar refractivity (Wildman–Crippen MR) is 120 cm³/mol. The molecule has 1 aliphatic rings. The summed E-state index contributed by atoms with van der Waals surface area (Å²) in [5.41, 5.74) is 5.89. The summed E-state index contributed by atoms with van der Waals surface area (Å²) in [6.45, 7) is 0. The number of benzene rings is 4. The van der Waals surface area contributed by atoms with E-state index in [1.807, 2.05) is 60.7 Å². The minimum atomic E-state index is -0.421. The summed E-state index contributed by atoms with van der Waals surface area (Å²) in [4.78, 5) is 28.9. The van der Waals surface area contributed by atoms with Gasteiger partial charge in [-0.25, -0.2) is 0 Å². The molecule has 0 atom stereocenters. The Morgan fingerprint density at radius 2 is 1.39 bits per heavy atom. The van der Waals surface area contributed by atoms with Gasteiger partial charge in [0.25, 0.3) is 11.8 Å². The van der Waals surface area contributed by atoms with Crippen molar-refractivity contribution in [1.82, 2.24) is 10.3 Å². The highest BCUT2D eigenvalue weighted by Crippen LogP contribution is 2.40. The van der Waals surface area contributed by atoms with Crippen LogP contribution in [0, 0.1) is 0 Å². The zero-order valence-electron chi connectivity index (χ0n) is 16.3. The molecule has 0 aliphatic carbocycles. The third-order valence-corrected chi connectivity index (χ3v) is 5.83. The molecule has 2 heterocycles. The molecule has 3 N–H and O–H groups in total. The molecule has 0 unspecified atom stereocenters. The Morgan fingerprint density at radius 1 is 0.645 bits per heavy atom. The van der Waals surface area contributed by atoms with E-state index in [0.717, 1.165) is 27.7 Å². The highest BCUT2D eigenvalue weighted by Gasteiger charge is 2.33. The Bertz CT molecular complexity index is 1550. The smallest absolute Gasteiger partial charge is 0.259 e. The number of imide groups is 1. The molecule has 1 aliphatic heterocycles. The molecule has 0 fully saturated rings. The van der Waals surface area contributed by atoms with Gasteiger partial charge in [-0.1, -0.05) is 48.5 Å². The molecule has 5 aromatic rings. The molecule has 0 saturated heterocycles. The number of H-pyrrole nitrogens is 1. The fourth-order valence-corrected chi connectivity index (χ4v) is 4.47. The van der Waals surface area contributed by atoms with Gasteiger partial charge in [-0.2, -0.15) is 0 Å². The van der Waals surface area contributed by atoms with Crippen molar-refractivity contribution in [3.8, 4) is 28.0 Å². The van der Waals surface area contributed by atoms with Crippen LogP contribution in [0.5, 0.6) is 5.75 Å². The lowest BCUT2D eigenvalue weighted by Gasteiger charge is -2.10. The lowest BCUT2D eigenvalue weighted by Crippen LogP contribution is -2.20. The van der Waals surface area contributed by atoms with Crippen molar-refractivity contribution in [3.63, 3.8) is 0 Å². The summed E-state index contributed by atoms with van der Waals surface area (Å²) in [6.07, 6.45) is 0. The van der Waals surface area contributed by atoms with Gasteiger partial charge in [0.2, 0.25) is 0 Å². The standard InChI is InChI=1S/C26H16N2O3/c29-17-9-10-20-19(12-17)22-21(27-20)13-18(23-24(22)26(31)28-25(23)30)16-8-4-7-15(11-16)14-5-2-1-3-6-14/h1-13,27,29H,(H,28,30,31). The van der Waals surface area contributed by atoms with E-state index in [9.17, 15) is 14.7 Å². The highest BCUT2D eigenvalue weighted by molar-refractivity contribution is 6.32. The number of phenols is 1. The van der Waals surface area contributed by atoms with Crippen LogP contribution in [0.2, 0.25) is 0 Å². The van der Waals surface area contributed by atoms with Gasteiger partial charge in [0.05, 0.1) is 11.1 Å². The zero-order valence-corrected chi connectivity index (χ0v) is 16.3. The maximum Gasteiger partial charge on any atom is 0.259 e. The number of fused-ring (bicyclic) bond motifs is 5. The van der Waals surface area contributed by atoms with Gasteiger partial charge in [-0.15, -0.1) is 0 Å². The van der Waals surface area contributed by atoms with E-state index in [-0.39, 0.29) is 5.75 Å². The van der Waals surface area contributed by atoms with E-state index < -0.39 is 11.8 Å². The number of aromatic nitrogens is 1. The zero-order chi connectivity index (χ0) is 21.1. The van der Waals surface area contributed by atoms with Crippen molar-refractivity contribution in [2.24, 2.45) is 0 Å². The highest BCUT2D eigenvalue weighted by atomic mass is 16.3. The Kier molecular flexibility index (Phi) is 3.56. The summed E-state index contributed by atoms with van der Waals surface area (Å²) in [6, 6.07) is 24.8. The lowest BCUT2D eigenvalue weighted by atomic mass is 9.91. The van der Waals surface area contributed by atoms with Crippen LogP contribution >= 0.6 is 0 Å². The number of hydrogen-bond donors (Lipinski definition) is 3. The number of aromatic hydroxyl groups is 1. The summed E-state index contributed by atoms with van der Waals surface area (Å²) in [5, 5.41) is 13.8. The normalized spacial score (nSPS) is 13.0. The molecule has 0 radical (unpaired) electrons. The van der Waals surface area contributed by atoms with Gasteiger partial charge in [0.15, 0.2) is 0 Å². The first-order valence-electron chi connectivity index (χ1n) is 9.93. The van der Waals surface area contributed by atoms with Crippen LogP contribution in [0.3, 0.4) is 0 Å². The van der Waals surface area contributed by atoms with Gasteiger partial charge in [-0.05, 0) is 52.6 Å². The van der Waals surface area contributed by atoms with Gasteiger partial charge < -0.3 is 10.1 Å². The monoisotopic (exact) mass is 404 g/mol. The average Bonchev–Trinajstić information content (AvgIpc) is 3.30. The first-order chi connectivity index (χ1) is 15.1. The molecule has 31 heavy (non-hydrogen) atoms. The van der Waals surface area contributed by atoms with Crippen molar-refractivity contribution in [2.45, 2.75) is 0 Å². The van der Waals surface area contributed by atoms with Crippen molar-refractivity contribution in [2.75, 3.05) is 0 Å². The van der Waals surface area contributed by atoms with Crippen LogP contribution in [-0.4, -0.2) is 21.9 Å². The molecule has 148 valence electrons. The van der Waals surface area contributed by atoms with Crippen LogP contribution in [0.4, 0.5) is 0 Å². The lowest BCUT2D eigenvalue weighted by molar-refractivity contribution is 0.0880. The summed E-state index contributed by atoms with van der Waals surface area (Å²) >= 11 is 0. The summed E-state index contributed by atoms with van der Waals surface area (Å²) < 4.78 is 0. The quantitative estimate of drug-likeness (QED) is 0.352. The Labute approximate surface area is 177 Å². The molecule has 0 saturated carbocycles. The predicted octanol–water partition coefficient (Wildman–Crippen LogP) is 5.24. The van der Waals surface area contributed by atoms with Crippen LogP contribution in [-0.2, 0) is 0 Å². The van der Waals surface area contributed by atoms with Crippen molar-refractivity contribution in [1.29, 1.82) is 0 Å². The van der Waals surface area contributed by atoms with E-state index in [2.05, 4.69) is 10.3 Å². The molecule has 0 bridgehead atoms. The van der Waals surface area contributed by atoms with Crippen LogP contribution in [0.15, 0.2) is 78.9 Å². The number of amides is 2. The Hall–Kier alpha value is -4.38. The third kappa shape index (κ3) is 2.57.